The normalized spacial score (nSPS) is 23.5. The minimum Gasteiger partial charge on any atom is -0.329 e. The lowest BCUT2D eigenvalue weighted by atomic mass is 9.99. The third-order valence-corrected chi connectivity index (χ3v) is 4.05. The van der Waals surface area contributed by atoms with Crippen LogP contribution in [0.1, 0.15) is 24.9 Å². The quantitative estimate of drug-likeness (QED) is 0.902. The first-order chi connectivity index (χ1) is 9.15. The third kappa shape index (κ3) is 3.32. The van der Waals surface area contributed by atoms with Gasteiger partial charge in [0.2, 0.25) is 0 Å². The monoisotopic (exact) mass is 265 g/mol. The van der Waals surface area contributed by atoms with Crippen molar-refractivity contribution < 1.29 is 4.39 Å². The Balaban J connectivity index is 2.18. The van der Waals surface area contributed by atoms with E-state index in [1.54, 1.807) is 12.1 Å². The number of hydrogen-bond acceptors (Lipinski definition) is 3. The zero-order valence-corrected chi connectivity index (χ0v) is 11.8. The number of benzene rings is 1. The van der Waals surface area contributed by atoms with E-state index in [1.165, 1.54) is 5.56 Å². The molecule has 1 heterocycles. The van der Waals surface area contributed by atoms with Crippen LogP contribution in [-0.4, -0.2) is 49.1 Å². The van der Waals surface area contributed by atoms with Gasteiger partial charge in [-0.3, -0.25) is 4.90 Å². The summed E-state index contributed by atoms with van der Waals surface area (Å²) >= 11 is 0. The fourth-order valence-electron chi connectivity index (χ4n) is 2.99. The van der Waals surface area contributed by atoms with E-state index in [2.05, 4.69) is 23.8 Å². The van der Waals surface area contributed by atoms with Crippen molar-refractivity contribution >= 4 is 0 Å². The lowest BCUT2D eigenvalue weighted by molar-refractivity contribution is 0.0538. The SMILES string of the molecule is CCC(c1ccc(F)cc1)N1CCN(C)CC1CN. The summed E-state index contributed by atoms with van der Waals surface area (Å²) in [4.78, 5) is 4.80. The Labute approximate surface area is 115 Å². The summed E-state index contributed by atoms with van der Waals surface area (Å²) in [5, 5.41) is 0. The second-order valence-electron chi connectivity index (χ2n) is 5.37. The number of rotatable bonds is 4. The van der Waals surface area contributed by atoms with E-state index in [0.29, 0.717) is 18.6 Å². The number of hydrogen-bond donors (Lipinski definition) is 1. The van der Waals surface area contributed by atoms with Gasteiger partial charge < -0.3 is 10.6 Å². The summed E-state index contributed by atoms with van der Waals surface area (Å²) in [7, 11) is 2.14. The van der Waals surface area contributed by atoms with Crippen LogP contribution >= 0.6 is 0 Å². The zero-order valence-electron chi connectivity index (χ0n) is 11.8. The van der Waals surface area contributed by atoms with Crippen LogP contribution < -0.4 is 5.73 Å². The molecule has 1 aromatic rings. The number of piperazine rings is 1. The molecule has 0 saturated carbocycles. The maximum absolute atomic E-state index is 13.1. The molecule has 0 bridgehead atoms. The smallest absolute Gasteiger partial charge is 0.123 e. The largest absolute Gasteiger partial charge is 0.329 e. The first-order valence-electron chi connectivity index (χ1n) is 7.05. The van der Waals surface area contributed by atoms with Gasteiger partial charge in [-0.25, -0.2) is 4.39 Å². The zero-order chi connectivity index (χ0) is 13.8. The molecule has 1 fully saturated rings. The maximum Gasteiger partial charge on any atom is 0.123 e. The van der Waals surface area contributed by atoms with E-state index in [1.807, 2.05) is 12.1 Å². The van der Waals surface area contributed by atoms with E-state index in [9.17, 15) is 4.39 Å². The van der Waals surface area contributed by atoms with Crippen LogP contribution in [0.5, 0.6) is 0 Å². The van der Waals surface area contributed by atoms with Crippen molar-refractivity contribution in [1.29, 1.82) is 0 Å². The molecule has 1 saturated heterocycles. The molecule has 106 valence electrons. The van der Waals surface area contributed by atoms with Crippen molar-refractivity contribution in [2.45, 2.75) is 25.4 Å². The van der Waals surface area contributed by atoms with Crippen molar-refractivity contribution in [3.05, 3.63) is 35.6 Å². The molecule has 0 aromatic heterocycles. The molecule has 19 heavy (non-hydrogen) atoms. The molecule has 2 rings (SSSR count). The average molecular weight is 265 g/mol. The van der Waals surface area contributed by atoms with Crippen molar-refractivity contribution in [2.24, 2.45) is 5.73 Å². The fourth-order valence-corrected chi connectivity index (χ4v) is 2.99. The van der Waals surface area contributed by atoms with Crippen LogP contribution in [0.25, 0.3) is 0 Å². The number of nitrogens with two attached hydrogens (primary N) is 1. The molecule has 0 spiro atoms. The van der Waals surface area contributed by atoms with Gasteiger partial charge in [-0.2, -0.15) is 0 Å². The second kappa shape index (κ2) is 6.46. The van der Waals surface area contributed by atoms with Crippen LogP contribution in [0.3, 0.4) is 0 Å². The third-order valence-electron chi connectivity index (χ3n) is 4.05. The number of halogens is 1. The number of likely N-dealkylation sites (N-methyl/N-ethyl adjacent to an activating group) is 1. The Kier molecular flexibility index (Phi) is 4.91. The molecule has 2 unspecified atom stereocenters. The van der Waals surface area contributed by atoms with E-state index in [-0.39, 0.29) is 5.82 Å². The summed E-state index contributed by atoms with van der Waals surface area (Å²) in [5.74, 6) is -0.174. The highest BCUT2D eigenvalue weighted by molar-refractivity contribution is 5.20. The summed E-state index contributed by atoms with van der Waals surface area (Å²) < 4.78 is 13.1. The highest BCUT2D eigenvalue weighted by Gasteiger charge is 2.29. The van der Waals surface area contributed by atoms with E-state index in [0.717, 1.165) is 26.1 Å². The van der Waals surface area contributed by atoms with Gasteiger partial charge in [0.15, 0.2) is 0 Å². The minimum atomic E-state index is -0.174. The van der Waals surface area contributed by atoms with Gasteiger partial charge in [0.1, 0.15) is 5.82 Å². The molecule has 2 N–H and O–H groups in total. The molecular formula is C15H24FN3. The van der Waals surface area contributed by atoms with Gasteiger partial charge in [-0.05, 0) is 31.2 Å². The standard InChI is InChI=1S/C15H24FN3/c1-3-15(12-4-6-13(16)7-5-12)19-9-8-18(2)11-14(19)10-17/h4-7,14-15H,3,8-11,17H2,1-2H3. The van der Waals surface area contributed by atoms with Crippen LogP contribution in [-0.2, 0) is 0 Å². The highest BCUT2D eigenvalue weighted by Crippen LogP contribution is 2.27. The van der Waals surface area contributed by atoms with Crippen molar-refractivity contribution in [1.82, 2.24) is 9.80 Å². The van der Waals surface area contributed by atoms with Crippen LogP contribution in [0.15, 0.2) is 24.3 Å². The Morgan fingerprint density at radius 1 is 1.32 bits per heavy atom. The molecule has 3 nitrogen and oxygen atoms in total. The van der Waals surface area contributed by atoms with Crippen molar-refractivity contribution in [3.63, 3.8) is 0 Å². The first-order valence-corrected chi connectivity index (χ1v) is 7.05. The van der Waals surface area contributed by atoms with Gasteiger partial charge in [0.25, 0.3) is 0 Å². The van der Waals surface area contributed by atoms with E-state index in [4.69, 9.17) is 5.73 Å². The lowest BCUT2D eigenvalue weighted by Gasteiger charge is -2.44. The van der Waals surface area contributed by atoms with Gasteiger partial charge in [-0.15, -0.1) is 0 Å². The molecule has 4 heteroatoms. The average Bonchev–Trinajstić information content (AvgIpc) is 2.43. The Bertz CT molecular complexity index is 393. The Morgan fingerprint density at radius 3 is 2.58 bits per heavy atom. The molecular weight excluding hydrogens is 241 g/mol. The van der Waals surface area contributed by atoms with E-state index >= 15 is 0 Å². The molecule has 1 aliphatic heterocycles. The van der Waals surface area contributed by atoms with Gasteiger partial charge in [-0.1, -0.05) is 19.1 Å². The molecule has 1 aromatic carbocycles. The molecule has 0 amide bonds. The summed E-state index contributed by atoms with van der Waals surface area (Å²) in [6.07, 6.45) is 1.02. The number of nitrogens with zero attached hydrogens (tertiary/aromatic N) is 2. The molecule has 1 aliphatic rings. The molecule has 0 aliphatic carbocycles. The predicted molar refractivity (Wildman–Crippen MR) is 76.5 cm³/mol. The van der Waals surface area contributed by atoms with E-state index < -0.39 is 0 Å². The highest BCUT2D eigenvalue weighted by atomic mass is 19.1. The van der Waals surface area contributed by atoms with Crippen molar-refractivity contribution in [2.75, 3.05) is 33.2 Å². The Hall–Kier alpha value is -0.970. The van der Waals surface area contributed by atoms with Gasteiger partial charge >= 0.3 is 0 Å². The predicted octanol–water partition coefficient (Wildman–Crippen LogP) is 1.85. The minimum absolute atomic E-state index is 0.174. The topological polar surface area (TPSA) is 32.5 Å². The lowest BCUT2D eigenvalue weighted by Crippen LogP contribution is -2.55. The van der Waals surface area contributed by atoms with Gasteiger partial charge in [0, 0.05) is 38.3 Å². The van der Waals surface area contributed by atoms with Crippen LogP contribution in [0.4, 0.5) is 4.39 Å². The molecule has 0 radical (unpaired) electrons. The van der Waals surface area contributed by atoms with Crippen LogP contribution in [0, 0.1) is 5.82 Å². The summed E-state index contributed by atoms with van der Waals surface area (Å²) in [6.45, 7) is 5.94. The van der Waals surface area contributed by atoms with Gasteiger partial charge in [0.05, 0.1) is 0 Å². The Morgan fingerprint density at radius 2 is 2.00 bits per heavy atom. The summed E-state index contributed by atoms with van der Waals surface area (Å²) in [6, 6.07) is 7.61. The van der Waals surface area contributed by atoms with Crippen LogP contribution in [0.2, 0.25) is 0 Å². The maximum atomic E-state index is 13.1. The fraction of sp³-hybridized carbons (Fsp3) is 0.600. The molecule has 2 atom stereocenters. The second-order valence-corrected chi connectivity index (χ2v) is 5.37. The van der Waals surface area contributed by atoms with Crippen molar-refractivity contribution in [3.8, 4) is 0 Å². The first kappa shape index (κ1) is 14.4. The summed E-state index contributed by atoms with van der Waals surface area (Å²) in [5.41, 5.74) is 7.11.